The molecule has 1 aliphatic rings. The van der Waals surface area contributed by atoms with Gasteiger partial charge in [-0.25, -0.2) is 4.79 Å². The average Bonchev–Trinajstić information content (AvgIpc) is 2.82. The number of ether oxygens (including phenoxy) is 1. The van der Waals surface area contributed by atoms with E-state index in [1.54, 1.807) is 12.1 Å². The fraction of sp³-hybridized carbons (Fsp3) is 0.533. The summed E-state index contributed by atoms with van der Waals surface area (Å²) in [5, 5.41) is 3.39. The Labute approximate surface area is 114 Å². The van der Waals surface area contributed by atoms with Crippen molar-refractivity contribution in [3.63, 3.8) is 0 Å². The van der Waals surface area contributed by atoms with E-state index in [-0.39, 0.29) is 5.97 Å². The Hall–Kier alpha value is -1.71. The van der Waals surface area contributed by atoms with E-state index in [0.29, 0.717) is 11.3 Å². The number of benzene rings is 1. The molecular weight excluding hydrogens is 240 g/mol. The summed E-state index contributed by atoms with van der Waals surface area (Å²) in [6, 6.07) is 5.25. The van der Waals surface area contributed by atoms with Crippen LogP contribution in [0, 0.1) is 11.8 Å². The van der Waals surface area contributed by atoms with Crippen LogP contribution in [-0.4, -0.2) is 19.6 Å². The maximum Gasteiger partial charge on any atom is 0.337 e. The molecule has 0 aromatic heterocycles. The third-order valence-corrected chi connectivity index (χ3v) is 4.07. The summed E-state index contributed by atoms with van der Waals surface area (Å²) in [5.41, 5.74) is 7.94. The molecule has 1 saturated carbocycles. The Balaban J connectivity index is 1.99. The fourth-order valence-corrected chi connectivity index (χ4v) is 2.74. The lowest BCUT2D eigenvalue weighted by Gasteiger charge is -2.18. The summed E-state index contributed by atoms with van der Waals surface area (Å²) in [6.07, 6.45) is 3.93. The monoisotopic (exact) mass is 262 g/mol. The van der Waals surface area contributed by atoms with Crippen LogP contribution in [0.25, 0.3) is 0 Å². The predicted octanol–water partition coefficient (Wildman–Crippen LogP) is 2.90. The Kier molecular flexibility index (Phi) is 4.30. The fourth-order valence-electron chi connectivity index (χ4n) is 2.74. The van der Waals surface area contributed by atoms with Gasteiger partial charge < -0.3 is 15.8 Å². The summed E-state index contributed by atoms with van der Waals surface area (Å²) in [4.78, 5) is 11.4. The normalized spacial score (nSPS) is 22.2. The number of nitrogens with one attached hydrogen (secondary N) is 1. The van der Waals surface area contributed by atoms with Gasteiger partial charge in [0.15, 0.2) is 0 Å². The van der Waals surface area contributed by atoms with Crippen molar-refractivity contribution >= 4 is 17.3 Å². The van der Waals surface area contributed by atoms with E-state index in [9.17, 15) is 4.79 Å². The van der Waals surface area contributed by atoms with Gasteiger partial charge >= 0.3 is 5.97 Å². The van der Waals surface area contributed by atoms with Crippen molar-refractivity contribution in [1.29, 1.82) is 0 Å². The first kappa shape index (κ1) is 13.7. The molecule has 0 spiro atoms. The van der Waals surface area contributed by atoms with Gasteiger partial charge in [-0.05, 0) is 36.5 Å². The number of rotatable bonds is 4. The smallest absolute Gasteiger partial charge is 0.337 e. The van der Waals surface area contributed by atoms with E-state index in [2.05, 4.69) is 17.0 Å². The first-order valence-corrected chi connectivity index (χ1v) is 6.83. The number of carbonyl (C=O) groups is 1. The van der Waals surface area contributed by atoms with Crippen molar-refractivity contribution < 1.29 is 9.53 Å². The molecule has 104 valence electrons. The summed E-state index contributed by atoms with van der Waals surface area (Å²) in [5.74, 6) is 1.14. The van der Waals surface area contributed by atoms with E-state index < -0.39 is 0 Å². The second-order valence-electron chi connectivity index (χ2n) is 5.34. The third kappa shape index (κ3) is 3.19. The van der Waals surface area contributed by atoms with Crippen LogP contribution in [0.15, 0.2) is 18.2 Å². The van der Waals surface area contributed by atoms with Crippen LogP contribution in [0.4, 0.5) is 11.4 Å². The highest BCUT2D eigenvalue weighted by Crippen LogP contribution is 2.31. The summed E-state index contributed by atoms with van der Waals surface area (Å²) >= 11 is 0. The minimum Gasteiger partial charge on any atom is -0.465 e. The van der Waals surface area contributed by atoms with E-state index in [1.165, 1.54) is 26.4 Å². The Morgan fingerprint density at radius 3 is 2.84 bits per heavy atom. The lowest BCUT2D eigenvalue weighted by atomic mass is 9.98. The number of nitrogens with two attached hydrogens (primary N) is 1. The molecule has 4 nitrogen and oxygen atoms in total. The second-order valence-corrected chi connectivity index (χ2v) is 5.34. The molecule has 1 aromatic carbocycles. The molecule has 1 aromatic rings. The molecule has 1 fully saturated rings. The lowest BCUT2D eigenvalue weighted by Crippen LogP contribution is -2.17. The standard InChI is InChI=1S/C15H22N2O2/c1-10-4-3-5-12(10)9-17-14-7-6-11(8-13(14)16)15(18)19-2/h6-8,10,12,17H,3-5,9,16H2,1-2H3. The molecule has 0 saturated heterocycles. The van der Waals surface area contributed by atoms with Gasteiger partial charge in [-0.3, -0.25) is 0 Å². The summed E-state index contributed by atoms with van der Waals surface area (Å²) < 4.78 is 4.67. The largest absolute Gasteiger partial charge is 0.465 e. The van der Waals surface area contributed by atoms with E-state index in [0.717, 1.165) is 24.1 Å². The van der Waals surface area contributed by atoms with Crippen LogP contribution in [0.2, 0.25) is 0 Å². The van der Waals surface area contributed by atoms with Crippen molar-refractivity contribution in [2.45, 2.75) is 26.2 Å². The van der Waals surface area contributed by atoms with Gasteiger partial charge in [-0.15, -0.1) is 0 Å². The van der Waals surface area contributed by atoms with Gasteiger partial charge in [0, 0.05) is 6.54 Å². The van der Waals surface area contributed by atoms with E-state index in [4.69, 9.17) is 5.73 Å². The number of methoxy groups -OCH3 is 1. The van der Waals surface area contributed by atoms with Crippen molar-refractivity contribution in [3.8, 4) is 0 Å². The molecule has 0 radical (unpaired) electrons. The number of hydrogen-bond donors (Lipinski definition) is 2. The molecule has 0 heterocycles. The number of esters is 1. The van der Waals surface area contributed by atoms with Crippen LogP contribution >= 0.6 is 0 Å². The summed E-state index contributed by atoms with van der Waals surface area (Å²) in [6.45, 7) is 3.26. The Bertz CT molecular complexity index is 459. The molecule has 0 amide bonds. The molecular formula is C15H22N2O2. The molecule has 0 bridgehead atoms. The SMILES string of the molecule is COC(=O)c1ccc(NCC2CCCC2C)c(N)c1. The molecule has 3 N–H and O–H groups in total. The van der Waals surface area contributed by atoms with Crippen molar-refractivity contribution in [2.75, 3.05) is 24.7 Å². The second kappa shape index (κ2) is 5.95. The van der Waals surface area contributed by atoms with Crippen LogP contribution in [-0.2, 0) is 4.74 Å². The number of nitrogen functional groups attached to an aromatic ring is 1. The average molecular weight is 262 g/mol. The zero-order chi connectivity index (χ0) is 13.8. The molecule has 1 aliphatic carbocycles. The minimum atomic E-state index is -0.359. The Morgan fingerprint density at radius 1 is 1.47 bits per heavy atom. The van der Waals surface area contributed by atoms with Crippen molar-refractivity contribution in [1.82, 2.24) is 0 Å². The van der Waals surface area contributed by atoms with Crippen LogP contribution in [0.3, 0.4) is 0 Å². The van der Waals surface area contributed by atoms with Gasteiger partial charge in [0.05, 0.1) is 24.0 Å². The van der Waals surface area contributed by atoms with Gasteiger partial charge in [-0.2, -0.15) is 0 Å². The first-order chi connectivity index (χ1) is 9.11. The number of anilines is 2. The van der Waals surface area contributed by atoms with E-state index >= 15 is 0 Å². The van der Waals surface area contributed by atoms with Gasteiger partial charge in [0.25, 0.3) is 0 Å². The maximum absolute atomic E-state index is 11.4. The maximum atomic E-state index is 11.4. The third-order valence-electron chi connectivity index (χ3n) is 4.07. The zero-order valence-corrected chi connectivity index (χ0v) is 11.6. The van der Waals surface area contributed by atoms with Crippen LogP contribution in [0.5, 0.6) is 0 Å². The van der Waals surface area contributed by atoms with Crippen LogP contribution in [0.1, 0.15) is 36.5 Å². The van der Waals surface area contributed by atoms with E-state index in [1.807, 2.05) is 6.07 Å². The quantitative estimate of drug-likeness (QED) is 0.647. The van der Waals surface area contributed by atoms with Crippen molar-refractivity contribution in [3.05, 3.63) is 23.8 Å². The molecule has 2 unspecified atom stereocenters. The molecule has 2 rings (SSSR count). The highest BCUT2D eigenvalue weighted by atomic mass is 16.5. The highest BCUT2D eigenvalue weighted by Gasteiger charge is 2.23. The molecule has 19 heavy (non-hydrogen) atoms. The molecule has 4 heteroatoms. The van der Waals surface area contributed by atoms with Crippen LogP contribution < -0.4 is 11.1 Å². The van der Waals surface area contributed by atoms with Gasteiger partial charge in [-0.1, -0.05) is 19.8 Å². The van der Waals surface area contributed by atoms with Crippen molar-refractivity contribution in [2.24, 2.45) is 11.8 Å². The predicted molar refractivity (Wildman–Crippen MR) is 77.2 cm³/mol. The van der Waals surface area contributed by atoms with Gasteiger partial charge in [0.2, 0.25) is 0 Å². The van der Waals surface area contributed by atoms with Gasteiger partial charge in [0.1, 0.15) is 0 Å². The highest BCUT2D eigenvalue weighted by molar-refractivity contribution is 5.91. The topological polar surface area (TPSA) is 64.3 Å². The number of carbonyl (C=O) groups excluding carboxylic acids is 1. The zero-order valence-electron chi connectivity index (χ0n) is 11.6. The Morgan fingerprint density at radius 2 is 2.26 bits per heavy atom. The molecule has 0 aliphatic heterocycles. The minimum absolute atomic E-state index is 0.359. The first-order valence-electron chi connectivity index (χ1n) is 6.83. The summed E-state index contributed by atoms with van der Waals surface area (Å²) in [7, 11) is 1.37. The lowest BCUT2D eigenvalue weighted by molar-refractivity contribution is 0.0601. The number of hydrogen-bond acceptors (Lipinski definition) is 4. The molecule has 2 atom stereocenters.